The Morgan fingerprint density at radius 3 is 2.62 bits per heavy atom. The number of amides is 1. The molecule has 2 rings (SSSR count). The van der Waals surface area contributed by atoms with E-state index in [1.165, 1.54) is 19.3 Å². The van der Waals surface area contributed by atoms with Crippen molar-refractivity contribution in [2.24, 2.45) is 5.73 Å². The fourth-order valence-electron chi connectivity index (χ4n) is 2.29. The van der Waals surface area contributed by atoms with Crippen molar-refractivity contribution in [2.45, 2.75) is 31.7 Å². The summed E-state index contributed by atoms with van der Waals surface area (Å²) >= 11 is 0. The van der Waals surface area contributed by atoms with E-state index in [4.69, 9.17) is 10.8 Å². The number of nitrogens with one attached hydrogen (secondary N) is 1. The van der Waals surface area contributed by atoms with E-state index in [-0.39, 0.29) is 0 Å². The van der Waals surface area contributed by atoms with Crippen LogP contribution >= 0.6 is 0 Å². The van der Waals surface area contributed by atoms with Gasteiger partial charge in [-0.3, -0.25) is 9.59 Å². The molecular formula is C14H20N4O3. The third-order valence-electron chi connectivity index (χ3n) is 3.43. The highest BCUT2D eigenvalue weighted by Crippen LogP contribution is 2.18. The van der Waals surface area contributed by atoms with Gasteiger partial charge < -0.3 is 21.1 Å². The number of pyridine rings is 1. The maximum atomic E-state index is 11.7. The Kier molecular flexibility index (Phi) is 5.10. The summed E-state index contributed by atoms with van der Waals surface area (Å²) in [5, 5.41) is 11.2. The maximum absolute atomic E-state index is 11.7. The molecule has 1 amide bonds. The lowest BCUT2D eigenvalue weighted by Gasteiger charge is -2.27. The lowest BCUT2D eigenvalue weighted by Crippen LogP contribution is -2.37. The summed E-state index contributed by atoms with van der Waals surface area (Å²) in [6.45, 7) is 2.00. The second kappa shape index (κ2) is 7.03. The van der Waals surface area contributed by atoms with Crippen LogP contribution in [0.15, 0.2) is 18.3 Å². The lowest BCUT2D eigenvalue weighted by atomic mass is 10.1. The molecule has 1 aromatic rings. The molecule has 0 aliphatic carbocycles. The summed E-state index contributed by atoms with van der Waals surface area (Å²) in [6.07, 6.45) is 4.76. The number of nitrogens with two attached hydrogens (primary N) is 1. The number of aromatic nitrogens is 1. The fourth-order valence-corrected chi connectivity index (χ4v) is 2.29. The van der Waals surface area contributed by atoms with Crippen LogP contribution in [0.3, 0.4) is 0 Å². The van der Waals surface area contributed by atoms with Crippen LogP contribution in [-0.4, -0.2) is 41.1 Å². The first-order valence-electron chi connectivity index (χ1n) is 7.05. The second-order valence-electron chi connectivity index (χ2n) is 5.15. The molecular weight excluding hydrogens is 272 g/mol. The van der Waals surface area contributed by atoms with Crippen LogP contribution in [0.4, 0.5) is 11.5 Å². The van der Waals surface area contributed by atoms with E-state index < -0.39 is 24.3 Å². The highest BCUT2D eigenvalue weighted by atomic mass is 16.4. The molecule has 21 heavy (non-hydrogen) atoms. The summed E-state index contributed by atoms with van der Waals surface area (Å²) < 4.78 is 0. The van der Waals surface area contributed by atoms with Crippen molar-refractivity contribution in [3.05, 3.63) is 18.3 Å². The molecule has 1 saturated heterocycles. The van der Waals surface area contributed by atoms with Crippen LogP contribution in [0, 0.1) is 0 Å². The van der Waals surface area contributed by atoms with Gasteiger partial charge in [-0.1, -0.05) is 0 Å². The zero-order valence-corrected chi connectivity index (χ0v) is 11.8. The van der Waals surface area contributed by atoms with Crippen LogP contribution in [0.1, 0.15) is 25.7 Å². The molecule has 0 bridgehead atoms. The predicted molar refractivity (Wildman–Crippen MR) is 79.2 cm³/mol. The number of carbonyl (C=O) groups is 2. The van der Waals surface area contributed by atoms with Gasteiger partial charge in [-0.15, -0.1) is 0 Å². The summed E-state index contributed by atoms with van der Waals surface area (Å²) in [6, 6.07) is 2.54. The van der Waals surface area contributed by atoms with E-state index in [0.29, 0.717) is 5.69 Å². The standard InChI is InChI=1S/C14H20N4O3/c15-11(8-13(19)20)14(21)17-10-4-5-12(16-9-10)18-6-2-1-3-7-18/h4-5,9,11H,1-3,6-8,15H2,(H,17,21)(H,19,20). The van der Waals surface area contributed by atoms with Crippen LogP contribution in [-0.2, 0) is 9.59 Å². The van der Waals surface area contributed by atoms with E-state index in [2.05, 4.69) is 15.2 Å². The van der Waals surface area contributed by atoms with Crippen LogP contribution in [0.2, 0.25) is 0 Å². The van der Waals surface area contributed by atoms with Gasteiger partial charge in [0.25, 0.3) is 0 Å². The molecule has 1 aliphatic rings. The first-order chi connectivity index (χ1) is 10.1. The Bertz CT molecular complexity index is 497. The average molecular weight is 292 g/mol. The lowest BCUT2D eigenvalue weighted by molar-refractivity contribution is -0.138. The van der Waals surface area contributed by atoms with E-state index in [1.807, 2.05) is 6.07 Å². The van der Waals surface area contributed by atoms with E-state index in [0.717, 1.165) is 18.9 Å². The first kappa shape index (κ1) is 15.2. The topological polar surface area (TPSA) is 109 Å². The van der Waals surface area contributed by atoms with Gasteiger partial charge >= 0.3 is 5.97 Å². The van der Waals surface area contributed by atoms with Crippen molar-refractivity contribution in [3.8, 4) is 0 Å². The molecule has 0 spiro atoms. The molecule has 0 saturated carbocycles. The molecule has 114 valence electrons. The van der Waals surface area contributed by atoms with Gasteiger partial charge in [-0.05, 0) is 31.4 Å². The normalized spacial score (nSPS) is 16.3. The third-order valence-corrected chi connectivity index (χ3v) is 3.43. The van der Waals surface area contributed by atoms with Crippen LogP contribution < -0.4 is 16.0 Å². The number of hydrogen-bond acceptors (Lipinski definition) is 5. The average Bonchev–Trinajstić information content (AvgIpc) is 2.48. The Labute approximate surface area is 123 Å². The van der Waals surface area contributed by atoms with E-state index in [1.54, 1.807) is 12.3 Å². The van der Waals surface area contributed by atoms with E-state index >= 15 is 0 Å². The SMILES string of the molecule is NC(CC(=O)O)C(=O)Nc1ccc(N2CCCCC2)nc1. The molecule has 2 heterocycles. The number of hydrogen-bond donors (Lipinski definition) is 3. The van der Waals surface area contributed by atoms with E-state index in [9.17, 15) is 9.59 Å². The van der Waals surface area contributed by atoms with Gasteiger partial charge in [-0.2, -0.15) is 0 Å². The van der Waals surface area contributed by atoms with Crippen molar-refractivity contribution in [2.75, 3.05) is 23.3 Å². The minimum Gasteiger partial charge on any atom is -0.481 e. The zero-order valence-electron chi connectivity index (χ0n) is 11.8. The van der Waals surface area contributed by atoms with Crippen molar-refractivity contribution in [1.82, 2.24) is 4.98 Å². The maximum Gasteiger partial charge on any atom is 0.305 e. The fraction of sp³-hybridized carbons (Fsp3) is 0.500. The van der Waals surface area contributed by atoms with Gasteiger partial charge in [0.05, 0.1) is 24.3 Å². The van der Waals surface area contributed by atoms with Gasteiger partial charge in [0.15, 0.2) is 0 Å². The quantitative estimate of drug-likeness (QED) is 0.741. The van der Waals surface area contributed by atoms with Crippen molar-refractivity contribution in [1.29, 1.82) is 0 Å². The molecule has 1 aliphatic heterocycles. The number of nitrogens with zero attached hydrogens (tertiary/aromatic N) is 2. The summed E-state index contributed by atoms with van der Waals surface area (Å²) in [5.41, 5.74) is 6.01. The number of carboxylic acid groups (broad SMARTS) is 1. The number of carbonyl (C=O) groups excluding carboxylic acids is 1. The number of aliphatic carboxylic acids is 1. The van der Waals surface area contributed by atoms with Gasteiger partial charge in [0, 0.05) is 13.1 Å². The molecule has 1 aromatic heterocycles. The Morgan fingerprint density at radius 1 is 1.33 bits per heavy atom. The molecule has 1 fully saturated rings. The largest absolute Gasteiger partial charge is 0.481 e. The number of rotatable bonds is 5. The summed E-state index contributed by atoms with van der Waals surface area (Å²) in [7, 11) is 0. The first-order valence-corrected chi connectivity index (χ1v) is 7.05. The zero-order chi connectivity index (χ0) is 15.2. The molecule has 0 radical (unpaired) electrons. The van der Waals surface area contributed by atoms with Gasteiger partial charge in [0.2, 0.25) is 5.91 Å². The number of piperidine rings is 1. The smallest absolute Gasteiger partial charge is 0.305 e. The van der Waals surface area contributed by atoms with Gasteiger partial charge in [0.1, 0.15) is 5.82 Å². The number of carboxylic acids is 1. The molecule has 7 heteroatoms. The minimum atomic E-state index is -1.10. The predicted octanol–water partition coefficient (Wildman–Crippen LogP) is 0.812. The van der Waals surface area contributed by atoms with Crippen LogP contribution in [0.25, 0.3) is 0 Å². The Hall–Kier alpha value is -2.15. The molecule has 0 aromatic carbocycles. The van der Waals surface area contributed by atoms with Crippen molar-refractivity contribution < 1.29 is 14.7 Å². The minimum absolute atomic E-state index is 0.398. The second-order valence-corrected chi connectivity index (χ2v) is 5.15. The molecule has 1 atom stereocenters. The van der Waals surface area contributed by atoms with Crippen molar-refractivity contribution >= 4 is 23.4 Å². The monoisotopic (exact) mass is 292 g/mol. The molecule has 4 N–H and O–H groups in total. The van der Waals surface area contributed by atoms with Crippen molar-refractivity contribution in [3.63, 3.8) is 0 Å². The molecule has 7 nitrogen and oxygen atoms in total. The Balaban J connectivity index is 1.92. The Morgan fingerprint density at radius 2 is 2.05 bits per heavy atom. The van der Waals surface area contributed by atoms with Crippen LogP contribution in [0.5, 0.6) is 0 Å². The van der Waals surface area contributed by atoms with Gasteiger partial charge in [-0.25, -0.2) is 4.98 Å². The summed E-state index contributed by atoms with van der Waals surface area (Å²) in [4.78, 5) is 28.7. The highest BCUT2D eigenvalue weighted by molar-refractivity contribution is 5.96. The summed E-state index contributed by atoms with van der Waals surface area (Å²) in [5.74, 6) is -0.733. The highest BCUT2D eigenvalue weighted by Gasteiger charge is 2.17. The number of anilines is 2. The molecule has 1 unspecified atom stereocenters. The third kappa shape index (κ3) is 4.42.